The van der Waals surface area contributed by atoms with Gasteiger partial charge in [-0.3, -0.25) is 0 Å². The monoisotopic (exact) mass is 624 g/mol. The molecule has 0 saturated heterocycles. The molecule has 2 heteroatoms. The van der Waals surface area contributed by atoms with E-state index in [2.05, 4.69) is 183 Å². The fourth-order valence-corrected chi connectivity index (χ4v) is 7.91. The topological polar surface area (TPSA) is 9.86 Å². The van der Waals surface area contributed by atoms with Crippen LogP contribution < -0.4 is 0 Å². The van der Waals surface area contributed by atoms with Gasteiger partial charge in [0.25, 0.3) is 0 Å². The molecule has 0 aliphatic rings. The smallest absolute Gasteiger partial charge is 0.0541 e. The molecule has 8 rings (SSSR count). The van der Waals surface area contributed by atoms with E-state index in [0.29, 0.717) is 17.3 Å². The Bertz CT molecular complexity index is 2370. The molecule has 0 amide bonds. The van der Waals surface area contributed by atoms with E-state index in [-0.39, 0.29) is 0 Å². The third-order valence-electron chi connectivity index (χ3n) is 10.2. The zero-order valence-corrected chi connectivity index (χ0v) is 28.7. The van der Waals surface area contributed by atoms with Gasteiger partial charge in [0.05, 0.1) is 22.1 Å². The van der Waals surface area contributed by atoms with Crippen LogP contribution in [-0.2, 0) is 6.42 Å². The van der Waals surface area contributed by atoms with Crippen molar-refractivity contribution >= 4 is 43.6 Å². The van der Waals surface area contributed by atoms with E-state index in [9.17, 15) is 0 Å². The van der Waals surface area contributed by atoms with Crippen LogP contribution in [0.2, 0.25) is 0 Å². The highest BCUT2D eigenvalue weighted by Crippen LogP contribution is 2.38. The second-order valence-corrected chi connectivity index (χ2v) is 15.1. The summed E-state index contributed by atoms with van der Waals surface area (Å²) in [5.74, 6) is 1.30. The molecule has 1 atom stereocenters. The number of nitrogens with zero attached hydrogens (tertiary/aromatic N) is 2. The minimum Gasteiger partial charge on any atom is -0.309 e. The first kappa shape index (κ1) is 30.3. The summed E-state index contributed by atoms with van der Waals surface area (Å²) in [5, 5.41) is 5.13. The van der Waals surface area contributed by atoms with Gasteiger partial charge in [-0.2, -0.15) is 0 Å². The predicted octanol–water partition coefficient (Wildman–Crippen LogP) is 12.8. The summed E-state index contributed by atoms with van der Waals surface area (Å²) in [4.78, 5) is 0. The van der Waals surface area contributed by atoms with E-state index >= 15 is 0 Å². The normalized spacial score (nSPS) is 13.0. The summed E-state index contributed by atoms with van der Waals surface area (Å²) < 4.78 is 4.86. The molecule has 2 heterocycles. The van der Waals surface area contributed by atoms with Crippen molar-refractivity contribution in [3.05, 3.63) is 145 Å². The standard InChI is InChI=1S/C46H44N2/c1-31(2)35(30-46(3,4)5)26-32-14-12-16-36(27-32)47-44-23-11-8-20-40(44)41-29-34(24-25-45(41)47)33-15-13-17-37(28-33)48-42-21-9-6-18-38(42)39-19-7-10-22-43(39)48/h6-25,27-29,31,35H,26,30H2,1-5H3. The van der Waals surface area contributed by atoms with Gasteiger partial charge in [0.1, 0.15) is 0 Å². The lowest BCUT2D eigenvalue weighted by molar-refractivity contribution is 0.241. The third-order valence-corrected chi connectivity index (χ3v) is 10.2. The predicted molar refractivity (Wildman–Crippen MR) is 207 cm³/mol. The Morgan fingerprint density at radius 3 is 1.56 bits per heavy atom. The van der Waals surface area contributed by atoms with Crippen LogP contribution in [-0.4, -0.2) is 9.13 Å². The SMILES string of the molecule is CC(C)C(Cc1cccc(-n2c3ccccc3c3cc(-c4cccc(-n5c6ccccc6c6ccccc65)c4)ccc32)c1)CC(C)(C)C. The van der Waals surface area contributed by atoms with Crippen LogP contribution in [0.15, 0.2) is 140 Å². The van der Waals surface area contributed by atoms with Crippen molar-refractivity contribution in [2.45, 2.75) is 47.5 Å². The van der Waals surface area contributed by atoms with Crippen molar-refractivity contribution in [1.29, 1.82) is 0 Å². The van der Waals surface area contributed by atoms with Crippen LogP contribution >= 0.6 is 0 Å². The highest BCUT2D eigenvalue weighted by Gasteiger charge is 2.22. The van der Waals surface area contributed by atoms with Gasteiger partial charge >= 0.3 is 0 Å². The van der Waals surface area contributed by atoms with Gasteiger partial charge in [0.2, 0.25) is 0 Å². The Hall–Kier alpha value is -5.08. The average molecular weight is 625 g/mol. The summed E-state index contributed by atoms with van der Waals surface area (Å²) in [6.45, 7) is 11.9. The van der Waals surface area contributed by atoms with Crippen LogP contribution in [0, 0.1) is 17.3 Å². The quantitative estimate of drug-likeness (QED) is 0.167. The van der Waals surface area contributed by atoms with Crippen molar-refractivity contribution in [1.82, 2.24) is 9.13 Å². The molecular formula is C46H44N2. The molecule has 0 aliphatic carbocycles. The minimum atomic E-state index is 0.320. The number of rotatable bonds is 7. The maximum Gasteiger partial charge on any atom is 0.0541 e. The molecule has 0 radical (unpaired) electrons. The molecule has 2 aromatic heterocycles. The second kappa shape index (κ2) is 11.9. The maximum absolute atomic E-state index is 2.46. The van der Waals surface area contributed by atoms with Crippen molar-refractivity contribution in [3.63, 3.8) is 0 Å². The van der Waals surface area contributed by atoms with Crippen LogP contribution in [0.3, 0.4) is 0 Å². The van der Waals surface area contributed by atoms with Crippen molar-refractivity contribution < 1.29 is 0 Å². The third kappa shape index (κ3) is 5.40. The molecule has 8 aromatic rings. The van der Waals surface area contributed by atoms with Gasteiger partial charge in [0.15, 0.2) is 0 Å². The zero-order chi connectivity index (χ0) is 33.0. The van der Waals surface area contributed by atoms with E-state index < -0.39 is 0 Å². The fraction of sp³-hybridized carbons (Fsp3) is 0.217. The lowest BCUT2D eigenvalue weighted by Crippen LogP contribution is -2.20. The van der Waals surface area contributed by atoms with E-state index in [0.717, 1.165) is 6.42 Å². The fourth-order valence-electron chi connectivity index (χ4n) is 7.91. The van der Waals surface area contributed by atoms with Gasteiger partial charge in [-0.15, -0.1) is 0 Å². The summed E-state index contributed by atoms with van der Waals surface area (Å²) in [5.41, 5.74) is 11.5. The zero-order valence-electron chi connectivity index (χ0n) is 28.7. The number of benzene rings is 6. The molecule has 0 aliphatic heterocycles. The summed E-state index contributed by atoms with van der Waals surface area (Å²) in [6, 6.07) is 51.6. The van der Waals surface area contributed by atoms with Gasteiger partial charge < -0.3 is 9.13 Å². The first-order valence-corrected chi connectivity index (χ1v) is 17.5. The Labute approximate surface area is 284 Å². The van der Waals surface area contributed by atoms with E-state index in [4.69, 9.17) is 0 Å². The molecule has 2 nitrogen and oxygen atoms in total. The molecule has 0 saturated carbocycles. The average Bonchev–Trinajstić information content (AvgIpc) is 3.60. The van der Waals surface area contributed by atoms with Gasteiger partial charge in [-0.1, -0.05) is 120 Å². The Kier molecular flexibility index (Phi) is 7.48. The number of hydrogen-bond acceptors (Lipinski definition) is 0. The molecule has 238 valence electrons. The largest absolute Gasteiger partial charge is 0.309 e. The van der Waals surface area contributed by atoms with Crippen LogP contribution in [0.5, 0.6) is 0 Å². The molecule has 6 aromatic carbocycles. The van der Waals surface area contributed by atoms with E-state index in [1.54, 1.807) is 0 Å². The summed E-state index contributed by atoms with van der Waals surface area (Å²) in [7, 11) is 0. The summed E-state index contributed by atoms with van der Waals surface area (Å²) >= 11 is 0. The lowest BCUT2D eigenvalue weighted by atomic mass is 9.77. The number of fused-ring (bicyclic) bond motifs is 6. The van der Waals surface area contributed by atoms with Crippen LogP contribution in [0.1, 0.15) is 46.6 Å². The number of hydrogen-bond donors (Lipinski definition) is 0. The Balaban J connectivity index is 1.22. The van der Waals surface area contributed by atoms with Crippen LogP contribution in [0.25, 0.3) is 66.1 Å². The molecule has 0 bridgehead atoms. The van der Waals surface area contributed by atoms with E-state index in [1.165, 1.54) is 78.1 Å². The van der Waals surface area contributed by atoms with E-state index in [1.807, 2.05) is 0 Å². The molecule has 0 spiro atoms. The second-order valence-electron chi connectivity index (χ2n) is 15.1. The molecule has 0 fully saturated rings. The highest BCUT2D eigenvalue weighted by molar-refractivity contribution is 6.11. The maximum atomic E-state index is 2.46. The lowest BCUT2D eigenvalue weighted by Gasteiger charge is -2.29. The van der Waals surface area contributed by atoms with Crippen molar-refractivity contribution in [3.8, 4) is 22.5 Å². The Morgan fingerprint density at radius 2 is 0.979 bits per heavy atom. The first-order chi connectivity index (χ1) is 23.2. The highest BCUT2D eigenvalue weighted by atomic mass is 15.0. The number of para-hydroxylation sites is 3. The summed E-state index contributed by atoms with van der Waals surface area (Å²) in [6.07, 6.45) is 2.33. The molecular weight excluding hydrogens is 581 g/mol. The first-order valence-electron chi connectivity index (χ1n) is 17.5. The molecule has 0 N–H and O–H groups in total. The van der Waals surface area contributed by atoms with Crippen molar-refractivity contribution in [2.24, 2.45) is 17.3 Å². The number of aromatic nitrogens is 2. The van der Waals surface area contributed by atoms with Gasteiger partial charge in [0, 0.05) is 32.9 Å². The van der Waals surface area contributed by atoms with Crippen LogP contribution in [0.4, 0.5) is 0 Å². The van der Waals surface area contributed by atoms with Gasteiger partial charge in [-0.25, -0.2) is 0 Å². The van der Waals surface area contributed by atoms with Gasteiger partial charge in [-0.05, 0) is 101 Å². The Morgan fingerprint density at radius 1 is 0.479 bits per heavy atom. The van der Waals surface area contributed by atoms with Crippen molar-refractivity contribution in [2.75, 3.05) is 0 Å². The molecule has 1 unspecified atom stereocenters. The minimum absolute atomic E-state index is 0.320. The molecule has 48 heavy (non-hydrogen) atoms.